The summed E-state index contributed by atoms with van der Waals surface area (Å²) in [7, 11) is 0. The first-order valence-electron chi connectivity index (χ1n) is 5.95. The van der Waals surface area contributed by atoms with Crippen molar-refractivity contribution in [3.8, 4) is 0 Å². The molecule has 6 heteroatoms. The van der Waals surface area contributed by atoms with Crippen LogP contribution >= 0.6 is 0 Å². The molecule has 6 nitrogen and oxygen atoms in total. The maximum atomic E-state index is 10.6. The van der Waals surface area contributed by atoms with E-state index in [0.29, 0.717) is 6.54 Å². The molecule has 1 aromatic rings. The van der Waals surface area contributed by atoms with Crippen LogP contribution in [0.5, 0.6) is 0 Å². The predicted octanol–water partition coefficient (Wildman–Crippen LogP) is 1.80. The van der Waals surface area contributed by atoms with Gasteiger partial charge in [-0.3, -0.25) is 10.1 Å². The zero-order valence-electron chi connectivity index (χ0n) is 11.1. The second kappa shape index (κ2) is 5.77. The maximum Gasteiger partial charge on any atom is 0.287 e. The molecule has 0 aliphatic rings. The van der Waals surface area contributed by atoms with Gasteiger partial charge in [0.25, 0.3) is 5.69 Å². The summed E-state index contributed by atoms with van der Waals surface area (Å²) in [6.45, 7) is 8.33. The van der Waals surface area contributed by atoms with Crippen molar-refractivity contribution in [1.29, 1.82) is 0 Å². The standard InChI is InChI=1S/C12H20N4O2/c1-4-15(9-12(2,3)8-13)11-6-5-10(7-14-11)16(17)18/h5-7H,4,8-9,13H2,1-3H3. The molecule has 100 valence electrons. The molecule has 0 saturated heterocycles. The van der Waals surface area contributed by atoms with Gasteiger partial charge in [0.05, 0.1) is 4.92 Å². The molecule has 0 amide bonds. The minimum absolute atomic E-state index is 0.00730. The third-order valence-electron chi connectivity index (χ3n) is 2.82. The van der Waals surface area contributed by atoms with E-state index in [2.05, 4.69) is 23.7 Å². The van der Waals surface area contributed by atoms with Crippen molar-refractivity contribution in [3.05, 3.63) is 28.4 Å². The summed E-state index contributed by atoms with van der Waals surface area (Å²) in [5, 5.41) is 10.6. The first-order chi connectivity index (χ1) is 8.39. The second-order valence-corrected chi connectivity index (χ2v) is 5.01. The van der Waals surface area contributed by atoms with E-state index in [1.807, 2.05) is 6.92 Å². The Morgan fingerprint density at radius 3 is 2.56 bits per heavy atom. The highest BCUT2D eigenvalue weighted by atomic mass is 16.6. The highest BCUT2D eigenvalue weighted by molar-refractivity contribution is 5.43. The van der Waals surface area contributed by atoms with Crippen molar-refractivity contribution >= 4 is 11.5 Å². The molecule has 0 aromatic carbocycles. The highest BCUT2D eigenvalue weighted by Crippen LogP contribution is 2.21. The summed E-state index contributed by atoms with van der Waals surface area (Å²) >= 11 is 0. The van der Waals surface area contributed by atoms with Crippen LogP contribution in [0.25, 0.3) is 0 Å². The van der Waals surface area contributed by atoms with E-state index in [9.17, 15) is 10.1 Å². The van der Waals surface area contributed by atoms with Crippen LogP contribution in [0, 0.1) is 15.5 Å². The molecule has 2 N–H and O–H groups in total. The van der Waals surface area contributed by atoms with Crippen LogP contribution in [-0.2, 0) is 0 Å². The van der Waals surface area contributed by atoms with Crippen LogP contribution in [0.1, 0.15) is 20.8 Å². The van der Waals surface area contributed by atoms with Gasteiger partial charge in [0.15, 0.2) is 0 Å². The van der Waals surface area contributed by atoms with E-state index in [0.717, 1.165) is 18.9 Å². The molecule has 0 spiro atoms. The molecule has 1 aromatic heterocycles. The van der Waals surface area contributed by atoms with Crippen LogP contribution < -0.4 is 10.6 Å². The Morgan fingerprint density at radius 2 is 2.17 bits per heavy atom. The molecule has 1 heterocycles. The average molecular weight is 252 g/mol. The van der Waals surface area contributed by atoms with Crippen LogP contribution in [0.4, 0.5) is 11.5 Å². The van der Waals surface area contributed by atoms with Gasteiger partial charge in [0.1, 0.15) is 12.0 Å². The van der Waals surface area contributed by atoms with Gasteiger partial charge in [0.2, 0.25) is 0 Å². The Morgan fingerprint density at radius 1 is 1.50 bits per heavy atom. The van der Waals surface area contributed by atoms with E-state index in [-0.39, 0.29) is 11.1 Å². The van der Waals surface area contributed by atoms with E-state index in [1.165, 1.54) is 12.3 Å². The molecule has 1 rings (SSSR count). The Kier molecular flexibility index (Phi) is 4.61. The van der Waals surface area contributed by atoms with Crippen LogP contribution in [0.15, 0.2) is 18.3 Å². The van der Waals surface area contributed by atoms with Crippen LogP contribution in [0.3, 0.4) is 0 Å². The Bertz CT molecular complexity index is 403. The van der Waals surface area contributed by atoms with Crippen molar-refractivity contribution in [3.63, 3.8) is 0 Å². The van der Waals surface area contributed by atoms with Crippen molar-refractivity contribution < 1.29 is 4.92 Å². The zero-order valence-corrected chi connectivity index (χ0v) is 11.1. The molecule has 0 fully saturated rings. The lowest BCUT2D eigenvalue weighted by molar-refractivity contribution is -0.385. The summed E-state index contributed by atoms with van der Waals surface area (Å²) in [5.41, 5.74) is 5.71. The molecule has 0 unspecified atom stereocenters. The molecule has 0 radical (unpaired) electrons. The van der Waals surface area contributed by atoms with Gasteiger partial charge >= 0.3 is 0 Å². The number of nitrogens with zero attached hydrogens (tertiary/aromatic N) is 3. The monoisotopic (exact) mass is 252 g/mol. The van der Waals surface area contributed by atoms with Gasteiger partial charge in [0, 0.05) is 19.2 Å². The molecule has 0 aliphatic heterocycles. The number of hydrogen-bond acceptors (Lipinski definition) is 5. The van der Waals surface area contributed by atoms with Gasteiger partial charge in [-0.25, -0.2) is 4.98 Å². The Labute approximate surface area is 107 Å². The topological polar surface area (TPSA) is 85.3 Å². The minimum Gasteiger partial charge on any atom is -0.356 e. The molecule has 0 aliphatic carbocycles. The molecule has 0 saturated carbocycles. The maximum absolute atomic E-state index is 10.6. The fraction of sp³-hybridized carbons (Fsp3) is 0.583. The molecular formula is C12H20N4O2. The Hall–Kier alpha value is -1.69. The largest absolute Gasteiger partial charge is 0.356 e. The molecule has 18 heavy (non-hydrogen) atoms. The lowest BCUT2D eigenvalue weighted by Gasteiger charge is -2.31. The van der Waals surface area contributed by atoms with E-state index >= 15 is 0 Å². The molecule has 0 atom stereocenters. The van der Waals surface area contributed by atoms with E-state index in [1.54, 1.807) is 6.07 Å². The average Bonchev–Trinajstić information content (AvgIpc) is 2.36. The fourth-order valence-corrected chi connectivity index (χ4v) is 1.61. The smallest absolute Gasteiger partial charge is 0.287 e. The van der Waals surface area contributed by atoms with E-state index in [4.69, 9.17) is 5.73 Å². The number of aromatic nitrogens is 1. The van der Waals surface area contributed by atoms with Crippen molar-refractivity contribution in [2.45, 2.75) is 20.8 Å². The summed E-state index contributed by atoms with van der Waals surface area (Å²) in [4.78, 5) is 16.3. The molecule has 0 bridgehead atoms. The van der Waals surface area contributed by atoms with Gasteiger partial charge in [-0.2, -0.15) is 0 Å². The van der Waals surface area contributed by atoms with Crippen molar-refractivity contribution in [2.24, 2.45) is 11.1 Å². The third-order valence-corrected chi connectivity index (χ3v) is 2.82. The van der Waals surface area contributed by atoms with Crippen molar-refractivity contribution in [2.75, 3.05) is 24.5 Å². The fourth-order valence-electron chi connectivity index (χ4n) is 1.61. The number of nitrogens with two attached hydrogens (primary N) is 1. The summed E-state index contributed by atoms with van der Waals surface area (Å²) < 4.78 is 0. The van der Waals surface area contributed by atoms with Crippen LogP contribution in [-0.4, -0.2) is 29.5 Å². The molecular weight excluding hydrogens is 232 g/mol. The lowest BCUT2D eigenvalue weighted by Crippen LogP contribution is -2.39. The summed E-state index contributed by atoms with van der Waals surface area (Å²) in [6.07, 6.45) is 1.29. The second-order valence-electron chi connectivity index (χ2n) is 5.01. The lowest BCUT2D eigenvalue weighted by atomic mass is 9.93. The van der Waals surface area contributed by atoms with Gasteiger partial charge in [-0.1, -0.05) is 13.8 Å². The third kappa shape index (κ3) is 3.66. The first kappa shape index (κ1) is 14.4. The predicted molar refractivity (Wildman–Crippen MR) is 71.6 cm³/mol. The normalized spacial score (nSPS) is 11.3. The Balaban J connectivity index is 2.86. The number of anilines is 1. The van der Waals surface area contributed by atoms with E-state index < -0.39 is 4.92 Å². The number of nitro groups is 1. The van der Waals surface area contributed by atoms with Crippen LogP contribution in [0.2, 0.25) is 0 Å². The SMILES string of the molecule is CCN(CC(C)(C)CN)c1ccc([N+](=O)[O-])cn1. The number of rotatable bonds is 6. The van der Waals surface area contributed by atoms with Gasteiger partial charge < -0.3 is 10.6 Å². The van der Waals surface area contributed by atoms with Gasteiger partial charge in [-0.05, 0) is 24.9 Å². The quantitative estimate of drug-likeness (QED) is 0.616. The van der Waals surface area contributed by atoms with Crippen molar-refractivity contribution in [1.82, 2.24) is 4.98 Å². The first-order valence-corrected chi connectivity index (χ1v) is 5.95. The number of hydrogen-bond donors (Lipinski definition) is 1. The summed E-state index contributed by atoms with van der Waals surface area (Å²) in [5.74, 6) is 0.740. The minimum atomic E-state index is -0.448. The summed E-state index contributed by atoms with van der Waals surface area (Å²) in [6, 6.07) is 3.15. The van der Waals surface area contributed by atoms with Gasteiger partial charge in [-0.15, -0.1) is 0 Å². The number of pyridine rings is 1. The zero-order chi connectivity index (χ0) is 13.8. The highest BCUT2D eigenvalue weighted by Gasteiger charge is 2.20.